The molecular formula is C32H34ClN3O4. The molecule has 7 nitrogen and oxygen atoms in total. The Kier molecular flexibility index (Phi) is 7.51. The molecule has 5 rings (SSSR count). The van der Waals surface area contributed by atoms with Crippen molar-refractivity contribution in [1.29, 1.82) is 0 Å². The summed E-state index contributed by atoms with van der Waals surface area (Å²) in [5.41, 5.74) is 6.52. The van der Waals surface area contributed by atoms with Gasteiger partial charge in [-0.25, -0.2) is 9.59 Å². The Hall–Kier alpha value is -3.97. The van der Waals surface area contributed by atoms with Crippen LogP contribution in [0.3, 0.4) is 0 Å². The minimum atomic E-state index is -0.915. The van der Waals surface area contributed by atoms with Crippen LogP contribution in [0.1, 0.15) is 48.0 Å². The lowest BCUT2D eigenvalue weighted by molar-refractivity contribution is 0.0240. The zero-order chi connectivity index (χ0) is 28.6. The van der Waals surface area contributed by atoms with Crippen LogP contribution in [-0.2, 0) is 11.2 Å². The summed E-state index contributed by atoms with van der Waals surface area (Å²) in [6.07, 6.45) is 0.335. The monoisotopic (exact) mass is 559 g/mol. The molecule has 8 heteroatoms. The van der Waals surface area contributed by atoms with Gasteiger partial charge < -0.3 is 24.6 Å². The van der Waals surface area contributed by atoms with E-state index in [2.05, 4.69) is 46.3 Å². The lowest BCUT2D eigenvalue weighted by Crippen LogP contribution is -2.50. The minimum absolute atomic E-state index is 0.260. The number of nitrogens with one attached hydrogen (secondary N) is 1. The third-order valence-electron chi connectivity index (χ3n) is 7.17. The smallest absolute Gasteiger partial charge is 0.410 e. The standard InChI is InChI=1S/C32H34ClN3O4/c1-20-5-6-21(16-26(20)30(37)38)15-24-17-23-18-27(28(33)19-29(23)34-24)22-7-9-25(10-8-22)35-11-13-36(14-12-35)31(39)40-32(2,3)4/h5-10,16-19,34H,11-15H2,1-4H3,(H,37,38). The van der Waals surface area contributed by atoms with E-state index in [1.54, 1.807) is 17.9 Å². The van der Waals surface area contributed by atoms with Crippen LogP contribution in [0, 0.1) is 6.92 Å². The fourth-order valence-electron chi connectivity index (χ4n) is 5.09. The molecule has 1 aliphatic rings. The number of aromatic amines is 1. The Morgan fingerprint density at radius 1 is 0.975 bits per heavy atom. The van der Waals surface area contributed by atoms with Crippen molar-refractivity contribution >= 4 is 40.3 Å². The van der Waals surface area contributed by atoms with Crippen LogP contribution in [0.15, 0.2) is 60.7 Å². The van der Waals surface area contributed by atoms with Gasteiger partial charge in [0.15, 0.2) is 0 Å². The second kappa shape index (κ2) is 10.9. The molecule has 208 valence electrons. The van der Waals surface area contributed by atoms with Gasteiger partial charge in [0.2, 0.25) is 0 Å². The van der Waals surface area contributed by atoms with Crippen molar-refractivity contribution in [2.45, 2.75) is 39.7 Å². The van der Waals surface area contributed by atoms with E-state index in [0.717, 1.165) is 57.6 Å². The van der Waals surface area contributed by atoms with E-state index < -0.39 is 11.6 Å². The molecule has 4 aromatic rings. The quantitative estimate of drug-likeness (QED) is 0.271. The number of carbonyl (C=O) groups excluding carboxylic acids is 1. The Balaban J connectivity index is 1.29. The molecule has 2 N–H and O–H groups in total. The second-order valence-electron chi connectivity index (χ2n) is 11.3. The van der Waals surface area contributed by atoms with E-state index >= 15 is 0 Å². The number of H-pyrrole nitrogens is 1. The van der Waals surface area contributed by atoms with E-state index in [4.69, 9.17) is 16.3 Å². The van der Waals surface area contributed by atoms with Crippen LogP contribution in [-0.4, -0.2) is 58.8 Å². The number of ether oxygens (including phenoxy) is 1. The fraction of sp³-hybridized carbons (Fsp3) is 0.312. The molecular weight excluding hydrogens is 526 g/mol. The third-order valence-corrected chi connectivity index (χ3v) is 7.48. The average Bonchev–Trinajstić information content (AvgIpc) is 3.29. The van der Waals surface area contributed by atoms with Gasteiger partial charge >= 0.3 is 12.1 Å². The van der Waals surface area contributed by atoms with Crippen LogP contribution in [0.2, 0.25) is 5.02 Å². The van der Waals surface area contributed by atoms with E-state index in [1.165, 1.54) is 0 Å². The number of nitrogens with zero attached hydrogens (tertiary/aromatic N) is 2. The zero-order valence-corrected chi connectivity index (χ0v) is 24.0. The van der Waals surface area contributed by atoms with Gasteiger partial charge in [-0.3, -0.25) is 0 Å². The van der Waals surface area contributed by atoms with Gasteiger partial charge in [0.25, 0.3) is 0 Å². The molecule has 0 bridgehead atoms. The van der Waals surface area contributed by atoms with Crippen molar-refractivity contribution in [3.8, 4) is 11.1 Å². The fourth-order valence-corrected chi connectivity index (χ4v) is 5.36. The van der Waals surface area contributed by atoms with Crippen LogP contribution < -0.4 is 4.90 Å². The molecule has 0 spiro atoms. The largest absolute Gasteiger partial charge is 0.478 e. The topological polar surface area (TPSA) is 85.9 Å². The number of aromatic carboxylic acids is 1. The van der Waals surface area contributed by atoms with Crippen molar-refractivity contribution in [3.05, 3.63) is 88.1 Å². The number of carboxylic acids is 1. The molecule has 0 atom stereocenters. The summed E-state index contributed by atoms with van der Waals surface area (Å²) in [7, 11) is 0. The first-order valence-electron chi connectivity index (χ1n) is 13.4. The first-order chi connectivity index (χ1) is 19.0. The molecule has 3 aromatic carbocycles. The van der Waals surface area contributed by atoms with E-state index in [0.29, 0.717) is 30.1 Å². The predicted molar refractivity (Wildman–Crippen MR) is 160 cm³/mol. The van der Waals surface area contributed by atoms with E-state index in [1.807, 2.05) is 39.0 Å². The van der Waals surface area contributed by atoms with Gasteiger partial charge in [0.05, 0.1) is 10.6 Å². The van der Waals surface area contributed by atoms with Crippen LogP contribution >= 0.6 is 11.6 Å². The molecule has 0 radical (unpaired) electrons. The molecule has 1 saturated heterocycles. The minimum Gasteiger partial charge on any atom is -0.478 e. The van der Waals surface area contributed by atoms with Crippen molar-refractivity contribution < 1.29 is 19.4 Å². The Bertz CT molecular complexity index is 1560. The summed E-state index contributed by atoms with van der Waals surface area (Å²) < 4.78 is 5.51. The van der Waals surface area contributed by atoms with Gasteiger partial charge in [-0.15, -0.1) is 0 Å². The number of halogens is 1. The zero-order valence-electron chi connectivity index (χ0n) is 23.3. The number of fused-ring (bicyclic) bond motifs is 1. The molecule has 40 heavy (non-hydrogen) atoms. The number of carbonyl (C=O) groups is 2. The van der Waals surface area contributed by atoms with Gasteiger partial charge in [0.1, 0.15) is 5.60 Å². The first-order valence-corrected chi connectivity index (χ1v) is 13.8. The number of amides is 1. The molecule has 1 amide bonds. The summed E-state index contributed by atoms with van der Waals surface area (Å²) in [5, 5.41) is 11.2. The van der Waals surface area contributed by atoms with Crippen molar-refractivity contribution in [1.82, 2.24) is 9.88 Å². The number of hydrogen-bond acceptors (Lipinski definition) is 4. The van der Waals surface area contributed by atoms with Crippen LogP contribution in [0.5, 0.6) is 0 Å². The number of anilines is 1. The van der Waals surface area contributed by atoms with Crippen LogP contribution in [0.4, 0.5) is 10.5 Å². The SMILES string of the molecule is Cc1ccc(Cc2cc3cc(-c4ccc(N5CCN(C(=O)OC(C)(C)C)CC5)cc4)c(Cl)cc3[nH]2)cc1C(=O)O. The molecule has 0 aliphatic carbocycles. The number of hydrogen-bond donors (Lipinski definition) is 2. The Labute approximate surface area is 239 Å². The summed E-state index contributed by atoms with van der Waals surface area (Å²) in [5.74, 6) is -0.915. The molecule has 0 saturated carbocycles. The summed E-state index contributed by atoms with van der Waals surface area (Å²) in [6, 6.07) is 20.0. The van der Waals surface area contributed by atoms with Gasteiger partial charge in [0, 0.05) is 60.4 Å². The normalized spacial score (nSPS) is 14.0. The predicted octanol–water partition coefficient (Wildman–Crippen LogP) is 7.14. The van der Waals surface area contributed by atoms with Crippen molar-refractivity contribution in [3.63, 3.8) is 0 Å². The van der Waals surface area contributed by atoms with E-state index in [9.17, 15) is 14.7 Å². The third kappa shape index (κ3) is 6.10. The molecule has 2 heterocycles. The second-order valence-corrected chi connectivity index (χ2v) is 11.8. The highest BCUT2D eigenvalue weighted by atomic mass is 35.5. The number of aromatic nitrogens is 1. The molecule has 1 aromatic heterocycles. The molecule has 1 fully saturated rings. The van der Waals surface area contributed by atoms with Crippen molar-refractivity contribution in [2.75, 3.05) is 31.1 Å². The van der Waals surface area contributed by atoms with Gasteiger partial charge in [-0.1, -0.05) is 35.9 Å². The summed E-state index contributed by atoms with van der Waals surface area (Å²) in [6.45, 7) is 10.2. The number of benzene rings is 3. The highest BCUT2D eigenvalue weighted by Crippen LogP contribution is 2.34. The lowest BCUT2D eigenvalue weighted by atomic mass is 10.0. The number of rotatable bonds is 5. The number of carboxylic acid groups (broad SMARTS) is 1. The van der Waals surface area contributed by atoms with Gasteiger partial charge in [-0.05, 0) is 80.8 Å². The summed E-state index contributed by atoms with van der Waals surface area (Å²) in [4.78, 5) is 31.4. The molecule has 0 unspecified atom stereocenters. The number of aryl methyl sites for hydroxylation is 1. The highest BCUT2D eigenvalue weighted by molar-refractivity contribution is 6.34. The summed E-state index contributed by atoms with van der Waals surface area (Å²) >= 11 is 6.72. The number of piperazine rings is 1. The maximum atomic E-state index is 12.4. The maximum absolute atomic E-state index is 12.4. The average molecular weight is 560 g/mol. The maximum Gasteiger partial charge on any atom is 0.410 e. The van der Waals surface area contributed by atoms with Crippen LogP contribution in [0.25, 0.3) is 22.0 Å². The van der Waals surface area contributed by atoms with E-state index in [-0.39, 0.29) is 6.09 Å². The first kappa shape index (κ1) is 27.6. The molecule has 1 aliphatic heterocycles. The van der Waals surface area contributed by atoms with Crippen molar-refractivity contribution in [2.24, 2.45) is 0 Å². The lowest BCUT2D eigenvalue weighted by Gasteiger charge is -2.36. The van der Waals surface area contributed by atoms with Gasteiger partial charge in [-0.2, -0.15) is 0 Å². The highest BCUT2D eigenvalue weighted by Gasteiger charge is 2.26. The Morgan fingerprint density at radius 3 is 2.33 bits per heavy atom. The Morgan fingerprint density at radius 2 is 1.68 bits per heavy atom.